The Hall–Kier alpha value is -6.04. The molecule has 0 N–H and O–H groups in total. The van der Waals surface area contributed by atoms with E-state index in [1.807, 2.05) is 11.3 Å². The van der Waals surface area contributed by atoms with Crippen LogP contribution >= 0.6 is 11.3 Å². The summed E-state index contributed by atoms with van der Waals surface area (Å²) in [5.41, 5.74) is 29.8. The molecule has 3 nitrogen and oxygen atoms in total. The van der Waals surface area contributed by atoms with Gasteiger partial charge in [0.25, 0.3) is 6.71 Å². The molecule has 2 saturated carbocycles. The minimum atomic E-state index is -0.130. The first kappa shape index (κ1) is 44.3. The predicted octanol–water partition coefficient (Wildman–Crippen LogP) is 16.5. The minimum Gasteiger partial charge on any atom is -0.335 e. The summed E-state index contributed by atoms with van der Waals surface area (Å²) in [5, 5.41) is 2.78. The van der Waals surface area contributed by atoms with Crippen molar-refractivity contribution < 1.29 is 0 Å². The highest BCUT2D eigenvalue weighted by molar-refractivity contribution is 7.26. The molecule has 7 aromatic carbocycles. The van der Waals surface area contributed by atoms with Crippen LogP contribution in [-0.2, 0) is 21.7 Å². The average molecular weight is 982 g/mol. The van der Waals surface area contributed by atoms with E-state index >= 15 is 0 Å². The van der Waals surface area contributed by atoms with Gasteiger partial charge in [-0.15, -0.1) is 11.3 Å². The number of aryl methyl sites for hydroxylation is 2. The number of hydrogen-bond donors (Lipinski definition) is 0. The lowest BCUT2D eigenvalue weighted by Gasteiger charge is -2.53. The Morgan fingerprint density at radius 3 is 2.05 bits per heavy atom. The third-order valence-electron chi connectivity index (χ3n) is 21.7. The highest BCUT2D eigenvalue weighted by atomic mass is 32.1. The van der Waals surface area contributed by atoms with Crippen LogP contribution in [0.1, 0.15) is 153 Å². The fourth-order valence-electron chi connectivity index (χ4n) is 17.8. The van der Waals surface area contributed by atoms with Crippen LogP contribution in [0.3, 0.4) is 0 Å². The number of fused-ring (bicyclic) bond motifs is 18. The average Bonchev–Trinajstić information content (AvgIpc) is 4.25. The largest absolute Gasteiger partial charge is 0.335 e. The molecule has 3 aliphatic carbocycles. The molecule has 5 heteroatoms. The van der Waals surface area contributed by atoms with Crippen molar-refractivity contribution in [2.75, 3.05) is 9.80 Å². The maximum Gasteiger partial charge on any atom is 0.252 e. The van der Waals surface area contributed by atoms with Gasteiger partial charge in [0.15, 0.2) is 0 Å². The molecule has 0 bridgehead atoms. The van der Waals surface area contributed by atoms with Gasteiger partial charge >= 0.3 is 0 Å². The van der Waals surface area contributed by atoms with Gasteiger partial charge in [0, 0.05) is 60.2 Å². The Morgan fingerprint density at radius 2 is 1.26 bits per heavy atom. The van der Waals surface area contributed by atoms with Crippen LogP contribution in [0, 0.1) is 13.8 Å². The lowest BCUT2D eigenvalue weighted by Crippen LogP contribution is -2.64. The zero-order valence-corrected chi connectivity index (χ0v) is 46.3. The maximum atomic E-state index is 3.00. The second-order valence-corrected chi connectivity index (χ2v) is 27.8. The van der Waals surface area contributed by atoms with Crippen molar-refractivity contribution in [3.05, 3.63) is 154 Å². The summed E-state index contributed by atoms with van der Waals surface area (Å²) < 4.78 is 5.60. The van der Waals surface area contributed by atoms with E-state index in [0.717, 1.165) is 6.42 Å². The van der Waals surface area contributed by atoms with E-state index in [4.69, 9.17) is 0 Å². The Kier molecular flexibility index (Phi) is 8.30. The van der Waals surface area contributed by atoms with Gasteiger partial charge in [-0.25, -0.2) is 0 Å². The first-order chi connectivity index (χ1) is 35.4. The standard InChI is InChI=1S/C69H68BN3S/c1-39-31-40(2)58-53(32-39)72(69(11)30-19-17-28-67(58,69)9)43-37-54-59-55(38-43)73-62-50(66(8)27-16-18-29-68(66,73)10)33-41(44-23-20-25-49-57(44)45-21-12-14-24-48(45)65(49,6)7)34-51(62)70(59)52-36-42(64(3,4)5)35-47-60(52)71(54)61-46-22-13-15-26-56(46)74-63(47)61/h12-15,20-26,31-38H,16-19,27-30H2,1-11H3. The summed E-state index contributed by atoms with van der Waals surface area (Å²) >= 11 is 2.00. The summed E-state index contributed by atoms with van der Waals surface area (Å²) in [5.74, 6) is 0. The number of benzene rings is 7. The van der Waals surface area contributed by atoms with Crippen LogP contribution in [0.5, 0.6) is 0 Å². The van der Waals surface area contributed by atoms with Gasteiger partial charge in [0.05, 0.1) is 26.8 Å². The van der Waals surface area contributed by atoms with Crippen molar-refractivity contribution in [3.63, 3.8) is 0 Å². The third kappa shape index (κ3) is 5.00. The second kappa shape index (κ2) is 13.9. The molecule has 0 radical (unpaired) electrons. The molecular weight excluding hydrogens is 914 g/mol. The lowest BCUT2D eigenvalue weighted by molar-refractivity contribution is 0.193. The van der Waals surface area contributed by atoms with E-state index in [9.17, 15) is 0 Å². The molecule has 2 fully saturated rings. The third-order valence-corrected chi connectivity index (χ3v) is 22.9. The van der Waals surface area contributed by atoms with E-state index in [1.165, 1.54) is 171 Å². The van der Waals surface area contributed by atoms with E-state index < -0.39 is 0 Å². The molecule has 0 amide bonds. The molecule has 9 aromatic rings. The molecule has 4 atom stereocenters. The van der Waals surface area contributed by atoms with Crippen molar-refractivity contribution in [1.29, 1.82) is 0 Å². The SMILES string of the molecule is Cc1cc(C)c2c(c1)N(c1cc3c4c(c1)-n1c5c(cc(C(C)(C)C)cc5c5sc6ccccc6c51)B4c1cc(-c4cccc5c4-c4ccccc4C5(C)C)cc4c1N3C1(C)CCCCC41C)C1(C)CCCCC21C. The van der Waals surface area contributed by atoms with Crippen LogP contribution in [0.2, 0.25) is 0 Å². The molecule has 0 saturated heterocycles. The lowest BCUT2D eigenvalue weighted by atomic mass is 9.33. The van der Waals surface area contributed by atoms with Gasteiger partial charge in [0.2, 0.25) is 0 Å². The maximum absolute atomic E-state index is 3.00. The van der Waals surface area contributed by atoms with Crippen LogP contribution in [0.15, 0.2) is 115 Å². The Labute approximate surface area is 442 Å². The number of hydrogen-bond acceptors (Lipinski definition) is 3. The van der Waals surface area contributed by atoms with E-state index in [1.54, 1.807) is 11.1 Å². The number of anilines is 4. The van der Waals surface area contributed by atoms with Crippen molar-refractivity contribution in [2.24, 2.45) is 0 Å². The number of thiophene rings is 1. The van der Waals surface area contributed by atoms with Crippen molar-refractivity contribution >= 4 is 88.4 Å². The van der Waals surface area contributed by atoms with Crippen LogP contribution in [0.4, 0.5) is 22.7 Å². The molecule has 16 rings (SSSR count). The minimum absolute atomic E-state index is 0.0343. The van der Waals surface area contributed by atoms with Crippen molar-refractivity contribution in [3.8, 4) is 27.9 Å². The van der Waals surface area contributed by atoms with Gasteiger partial charge in [-0.3, -0.25) is 0 Å². The van der Waals surface area contributed by atoms with Gasteiger partial charge in [0.1, 0.15) is 0 Å². The predicted molar refractivity (Wildman–Crippen MR) is 318 cm³/mol. The molecule has 0 spiro atoms. The molecule has 4 aliphatic heterocycles. The molecule has 7 aliphatic rings. The number of nitrogens with zero attached hydrogens (tertiary/aromatic N) is 3. The Bertz CT molecular complexity index is 4070. The zero-order valence-electron chi connectivity index (χ0n) is 45.5. The summed E-state index contributed by atoms with van der Waals surface area (Å²) in [6.07, 6.45) is 9.78. The van der Waals surface area contributed by atoms with Crippen molar-refractivity contribution in [2.45, 2.75) is 160 Å². The monoisotopic (exact) mass is 982 g/mol. The fourth-order valence-corrected chi connectivity index (χ4v) is 19.0. The highest BCUT2D eigenvalue weighted by Gasteiger charge is 2.63. The van der Waals surface area contributed by atoms with Crippen molar-refractivity contribution in [1.82, 2.24) is 4.57 Å². The van der Waals surface area contributed by atoms with E-state index in [0.29, 0.717) is 0 Å². The first-order valence-electron chi connectivity index (χ1n) is 28.2. The second-order valence-electron chi connectivity index (χ2n) is 26.8. The molecule has 4 unspecified atom stereocenters. The Morgan fingerprint density at radius 1 is 0.568 bits per heavy atom. The Balaban J connectivity index is 1.08. The fraction of sp³-hybridized carbons (Fsp3) is 0.362. The summed E-state index contributed by atoms with van der Waals surface area (Å²) in [6, 6.07) is 46.9. The zero-order chi connectivity index (χ0) is 50.5. The summed E-state index contributed by atoms with van der Waals surface area (Å²) in [4.78, 5) is 5.90. The van der Waals surface area contributed by atoms with Gasteiger partial charge in [-0.05, 0) is 173 Å². The van der Waals surface area contributed by atoms with Gasteiger partial charge in [-0.1, -0.05) is 153 Å². The van der Waals surface area contributed by atoms with E-state index in [-0.39, 0.29) is 39.5 Å². The highest BCUT2D eigenvalue weighted by Crippen LogP contribution is 2.66. The van der Waals surface area contributed by atoms with Crippen LogP contribution in [0.25, 0.3) is 59.1 Å². The molecule has 74 heavy (non-hydrogen) atoms. The normalized spacial score (nSPS) is 25.3. The number of rotatable bonds is 2. The van der Waals surface area contributed by atoms with Crippen LogP contribution in [-0.4, -0.2) is 22.4 Å². The molecule has 2 aromatic heterocycles. The molecular formula is C69H68BN3S. The smallest absolute Gasteiger partial charge is 0.252 e. The summed E-state index contributed by atoms with van der Waals surface area (Å²) in [6.45, 7) is 27.5. The number of aromatic nitrogens is 1. The van der Waals surface area contributed by atoms with Gasteiger partial charge in [-0.2, -0.15) is 0 Å². The quantitative estimate of drug-likeness (QED) is 0.160. The first-order valence-corrected chi connectivity index (χ1v) is 29.0. The topological polar surface area (TPSA) is 11.4 Å². The molecule has 6 heterocycles. The van der Waals surface area contributed by atoms with Crippen LogP contribution < -0.4 is 26.2 Å². The molecule has 368 valence electrons. The summed E-state index contributed by atoms with van der Waals surface area (Å²) in [7, 11) is 0. The van der Waals surface area contributed by atoms with E-state index in [2.05, 4.69) is 206 Å². The van der Waals surface area contributed by atoms with Gasteiger partial charge < -0.3 is 14.4 Å².